The molecular formula is C48H54N4O. The van der Waals surface area contributed by atoms with Crippen molar-refractivity contribution < 1.29 is 4.74 Å². The van der Waals surface area contributed by atoms with Gasteiger partial charge in [-0.25, -0.2) is 9.67 Å². The molecule has 0 amide bonds. The van der Waals surface area contributed by atoms with Gasteiger partial charge < -0.3 is 4.74 Å². The second-order valence-electron chi connectivity index (χ2n) is 15.6. The lowest BCUT2D eigenvalue weighted by atomic mass is 9.89. The van der Waals surface area contributed by atoms with Crippen LogP contribution in [0.15, 0.2) is 91.1 Å². The van der Waals surface area contributed by atoms with E-state index in [1.54, 1.807) is 0 Å². The number of benzene rings is 4. The molecule has 5 heteroatoms. The van der Waals surface area contributed by atoms with Gasteiger partial charge in [0, 0.05) is 34.7 Å². The SMILES string of the molecule is CCCc1nn(-c2cc(Oc3ccc4c5ccccc5n(-c5cc(CC)ccn5)c4c3)cc(C(C)C)c2)c(CCC(C)C)c1-c1c(C)cc(C)cc1C. The van der Waals surface area contributed by atoms with E-state index in [1.807, 2.05) is 6.20 Å². The van der Waals surface area contributed by atoms with Gasteiger partial charge in [0.2, 0.25) is 0 Å². The van der Waals surface area contributed by atoms with Crippen molar-refractivity contribution in [3.8, 4) is 34.1 Å². The van der Waals surface area contributed by atoms with E-state index in [-0.39, 0.29) is 0 Å². The van der Waals surface area contributed by atoms with Crippen molar-refractivity contribution in [3.05, 3.63) is 130 Å². The molecule has 0 saturated carbocycles. The number of aryl methyl sites for hydroxylation is 5. The summed E-state index contributed by atoms with van der Waals surface area (Å²) < 4.78 is 11.4. The minimum atomic E-state index is 0.310. The number of nitrogens with zero attached hydrogens (tertiary/aromatic N) is 4. The highest BCUT2D eigenvalue weighted by atomic mass is 16.5. The molecular weight excluding hydrogens is 649 g/mol. The molecule has 272 valence electrons. The number of hydrogen-bond donors (Lipinski definition) is 0. The van der Waals surface area contributed by atoms with E-state index >= 15 is 0 Å². The molecule has 3 heterocycles. The number of pyridine rings is 1. The predicted octanol–water partition coefficient (Wildman–Crippen LogP) is 13.0. The lowest BCUT2D eigenvalue weighted by Crippen LogP contribution is -2.07. The van der Waals surface area contributed by atoms with E-state index in [0.29, 0.717) is 11.8 Å². The minimum absolute atomic E-state index is 0.310. The summed E-state index contributed by atoms with van der Waals surface area (Å²) in [6, 6.07) is 30.6. The highest BCUT2D eigenvalue weighted by molar-refractivity contribution is 6.09. The Bertz CT molecular complexity index is 2400. The van der Waals surface area contributed by atoms with Crippen LogP contribution < -0.4 is 4.74 Å². The van der Waals surface area contributed by atoms with Gasteiger partial charge in [0.15, 0.2) is 0 Å². The molecule has 3 aromatic heterocycles. The van der Waals surface area contributed by atoms with Gasteiger partial charge in [0.05, 0.1) is 28.1 Å². The molecule has 4 aromatic carbocycles. The normalized spacial score (nSPS) is 11.8. The Morgan fingerprint density at radius 1 is 0.717 bits per heavy atom. The first-order valence-electron chi connectivity index (χ1n) is 19.6. The molecule has 0 radical (unpaired) electrons. The van der Waals surface area contributed by atoms with E-state index in [2.05, 4.69) is 156 Å². The molecule has 0 saturated heterocycles. The third kappa shape index (κ3) is 7.14. The van der Waals surface area contributed by atoms with Gasteiger partial charge in [-0.3, -0.25) is 4.57 Å². The molecule has 7 aromatic rings. The van der Waals surface area contributed by atoms with Crippen LogP contribution in [0.4, 0.5) is 0 Å². The fourth-order valence-electron chi connectivity index (χ4n) is 7.97. The maximum absolute atomic E-state index is 6.86. The van der Waals surface area contributed by atoms with Crippen molar-refractivity contribution >= 4 is 21.8 Å². The van der Waals surface area contributed by atoms with E-state index in [1.165, 1.54) is 61.1 Å². The number of para-hydroxylation sites is 1. The summed E-state index contributed by atoms with van der Waals surface area (Å²) in [5.41, 5.74) is 14.8. The van der Waals surface area contributed by atoms with Crippen LogP contribution in [0.5, 0.6) is 11.5 Å². The van der Waals surface area contributed by atoms with E-state index < -0.39 is 0 Å². The number of aromatic nitrogens is 4. The summed E-state index contributed by atoms with van der Waals surface area (Å²) in [6.07, 6.45) is 6.88. The van der Waals surface area contributed by atoms with Crippen molar-refractivity contribution in [3.63, 3.8) is 0 Å². The predicted molar refractivity (Wildman–Crippen MR) is 222 cm³/mol. The third-order valence-corrected chi connectivity index (χ3v) is 10.6. The first kappa shape index (κ1) is 36.2. The van der Waals surface area contributed by atoms with E-state index in [9.17, 15) is 0 Å². The Kier molecular flexibility index (Phi) is 10.3. The summed E-state index contributed by atoms with van der Waals surface area (Å²) >= 11 is 0. The first-order chi connectivity index (χ1) is 25.6. The van der Waals surface area contributed by atoms with Crippen LogP contribution in [0, 0.1) is 26.7 Å². The molecule has 0 unspecified atom stereocenters. The zero-order chi connectivity index (χ0) is 37.4. The van der Waals surface area contributed by atoms with Crippen LogP contribution in [0.2, 0.25) is 0 Å². The Morgan fingerprint density at radius 3 is 2.19 bits per heavy atom. The Labute approximate surface area is 315 Å². The summed E-state index contributed by atoms with van der Waals surface area (Å²) in [7, 11) is 0. The van der Waals surface area contributed by atoms with E-state index in [4.69, 9.17) is 14.8 Å². The Hall–Kier alpha value is -5.16. The molecule has 0 aliphatic rings. The summed E-state index contributed by atoms with van der Waals surface area (Å²) in [6.45, 7) is 20.3. The average Bonchev–Trinajstić information content (AvgIpc) is 3.65. The van der Waals surface area contributed by atoms with Crippen LogP contribution in [-0.4, -0.2) is 19.3 Å². The molecule has 0 atom stereocenters. The molecule has 5 nitrogen and oxygen atoms in total. The fraction of sp³-hybridized carbons (Fsp3) is 0.333. The molecule has 7 rings (SSSR count). The van der Waals surface area contributed by atoms with Crippen molar-refractivity contribution in [2.45, 2.75) is 100 Å². The number of hydrogen-bond acceptors (Lipinski definition) is 3. The fourth-order valence-corrected chi connectivity index (χ4v) is 7.97. The van der Waals surface area contributed by atoms with Crippen LogP contribution in [-0.2, 0) is 19.3 Å². The van der Waals surface area contributed by atoms with Gasteiger partial charge in [-0.05, 0) is 129 Å². The summed E-state index contributed by atoms with van der Waals surface area (Å²) in [5, 5.41) is 7.83. The molecule has 0 bridgehead atoms. The molecule has 0 aliphatic carbocycles. The molecule has 53 heavy (non-hydrogen) atoms. The van der Waals surface area contributed by atoms with Crippen molar-refractivity contribution in [2.75, 3.05) is 0 Å². The highest BCUT2D eigenvalue weighted by Crippen LogP contribution is 2.39. The topological polar surface area (TPSA) is 44.9 Å². The monoisotopic (exact) mass is 702 g/mol. The quantitative estimate of drug-likeness (QED) is 0.127. The lowest BCUT2D eigenvalue weighted by Gasteiger charge is -2.17. The van der Waals surface area contributed by atoms with Gasteiger partial charge in [-0.2, -0.15) is 5.10 Å². The smallest absolute Gasteiger partial charge is 0.137 e. The van der Waals surface area contributed by atoms with Crippen molar-refractivity contribution in [2.24, 2.45) is 5.92 Å². The molecule has 0 spiro atoms. The third-order valence-electron chi connectivity index (χ3n) is 10.6. The van der Waals surface area contributed by atoms with Crippen molar-refractivity contribution in [1.82, 2.24) is 19.3 Å². The van der Waals surface area contributed by atoms with Crippen LogP contribution >= 0.6 is 0 Å². The standard InChI is InChI=1S/C48H54N4O/c1-10-14-42-48(47-33(8)23-32(7)24-34(47)9)44(20-17-30(3)4)52(50-42)37-26-36(31(5)6)27-39(28-37)53-38-18-19-41-40-15-12-13-16-43(40)51(45(41)29-38)46-25-35(11-2)21-22-49-46/h12-13,15-16,18-19,21-31H,10-11,14,17,20H2,1-9H3. The van der Waals surface area contributed by atoms with Crippen LogP contribution in [0.3, 0.4) is 0 Å². The van der Waals surface area contributed by atoms with Gasteiger partial charge in [0.1, 0.15) is 17.3 Å². The van der Waals surface area contributed by atoms with Crippen LogP contribution in [0.1, 0.15) is 99.5 Å². The van der Waals surface area contributed by atoms with Crippen LogP contribution in [0.25, 0.3) is 44.4 Å². The van der Waals surface area contributed by atoms with Gasteiger partial charge in [0.25, 0.3) is 0 Å². The Morgan fingerprint density at radius 2 is 1.47 bits per heavy atom. The largest absolute Gasteiger partial charge is 0.457 e. The zero-order valence-corrected chi connectivity index (χ0v) is 33.0. The summed E-state index contributed by atoms with van der Waals surface area (Å²) in [4.78, 5) is 4.83. The molecule has 0 fully saturated rings. The van der Waals surface area contributed by atoms with Gasteiger partial charge >= 0.3 is 0 Å². The minimum Gasteiger partial charge on any atom is -0.457 e. The molecule has 0 N–H and O–H groups in total. The average molecular weight is 703 g/mol. The van der Waals surface area contributed by atoms with Crippen molar-refractivity contribution in [1.29, 1.82) is 0 Å². The second-order valence-corrected chi connectivity index (χ2v) is 15.6. The highest BCUT2D eigenvalue weighted by Gasteiger charge is 2.24. The van der Waals surface area contributed by atoms with Gasteiger partial charge in [-0.15, -0.1) is 0 Å². The second kappa shape index (κ2) is 15.1. The number of ether oxygens (including phenoxy) is 1. The van der Waals surface area contributed by atoms with Gasteiger partial charge in [-0.1, -0.05) is 83.9 Å². The zero-order valence-electron chi connectivity index (χ0n) is 33.0. The van der Waals surface area contributed by atoms with E-state index in [0.717, 1.165) is 66.1 Å². The first-order valence-corrected chi connectivity index (χ1v) is 19.6. The number of rotatable bonds is 12. The molecule has 0 aliphatic heterocycles. The maximum Gasteiger partial charge on any atom is 0.137 e. The maximum atomic E-state index is 6.86. The Balaban J connectivity index is 1.38. The summed E-state index contributed by atoms with van der Waals surface area (Å²) in [5.74, 6) is 3.41. The lowest BCUT2D eigenvalue weighted by molar-refractivity contribution is 0.481. The number of fused-ring (bicyclic) bond motifs is 3.